The summed E-state index contributed by atoms with van der Waals surface area (Å²) in [5.41, 5.74) is 2.09. The molecule has 2 rings (SSSR count). The van der Waals surface area contributed by atoms with Crippen molar-refractivity contribution in [2.24, 2.45) is 0 Å². The van der Waals surface area contributed by atoms with E-state index in [1.165, 1.54) is 5.56 Å². The Morgan fingerprint density at radius 1 is 1.39 bits per heavy atom. The highest BCUT2D eigenvalue weighted by molar-refractivity contribution is 8.00. The van der Waals surface area contributed by atoms with Crippen molar-refractivity contribution in [1.29, 1.82) is 0 Å². The van der Waals surface area contributed by atoms with Crippen molar-refractivity contribution in [3.05, 3.63) is 23.8 Å². The summed E-state index contributed by atoms with van der Waals surface area (Å²) >= 11 is 1.58. The summed E-state index contributed by atoms with van der Waals surface area (Å²) in [7, 11) is 0. The van der Waals surface area contributed by atoms with E-state index in [2.05, 4.69) is 22.8 Å². The van der Waals surface area contributed by atoms with Gasteiger partial charge in [-0.05, 0) is 37.1 Å². The summed E-state index contributed by atoms with van der Waals surface area (Å²) < 4.78 is 0. The summed E-state index contributed by atoms with van der Waals surface area (Å²) in [5.74, 6) is 0.576. The summed E-state index contributed by atoms with van der Waals surface area (Å²) in [6.45, 7) is 1.95. The fourth-order valence-corrected chi connectivity index (χ4v) is 2.62. The topological polar surface area (TPSA) is 61.4 Å². The van der Waals surface area contributed by atoms with Crippen LogP contribution in [0.4, 0.5) is 5.69 Å². The van der Waals surface area contributed by atoms with Crippen molar-refractivity contribution in [2.75, 3.05) is 24.2 Å². The van der Waals surface area contributed by atoms with Crippen molar-refractivity contribution in [2.45, 2.75) is 24.3 Å². The molecule has 0 saturated carbocycles. The van der Waals surface area contributed by atoms with Crippen molar-refractivity contribution in [1.82, 2.24) is 5.32 Å². The lowest BCUT2D eigenvalue weighted by Gasteiger charge is -2.17. The predicted molar refractivity (Wildman–Crippen MR) is 73.8 cm³/mol. The maximum Gasteiger partial charge on any atom is 0.234 e. The Labute approximate surface area is 111 Å². The highest BCUT2D eigenvalue weighted by Crippen LogP contribution is 2.31. The normalized spacial score (nSPS) is 14.2. The fourth-order valence-electron chi connectivity index (χ4n) is 1.83. The molecular weight excluding hydrogens is 248 g/mol. The number of benzene rings is 1. The lowest BCUT2D eigenvalue weighted by Crippen LogP contribution is -2.19. The Bertz CT molecular complexity index is 423. The molecule has 0 aromatic heterocycles. The number of hydrogen-bond acceptors (Lipinski definition) is 4. The fraction of sp³-hybridized carbons (Fsp3) is 0.462. The van der Waals surface area contributed by atoms with Gasteiger partial charge in [-0.15, -0.1) is 11.8 Å². The molecule has 1 amide bonds. The number of fused-ring (bicyclic) bond motifs is 1. The zero-order chi connectivity index (χ0) is 12.8. The molecule has 1 aliphatic rings. The smallest absolute Gasteiger partial charge is 0.234 e. The van der Waals surface area contributed by atoms with E-state index in [9.17, 15) is 4.79 Å². The minimum atomic E-state index is 0.0700. The van der Waals surface area contributed by atoms with Gasteiger partial charge in [0.05, 0.1) is 11.4 Å². The summed E-state index contributed by atoms with van der Waals surface area (Å²) in [4.78, 5) is 12.4. The average molecular weight is 266 g/mol. The van der Waals surface area contributed by atoms with E-state index >= 15 is 0 Å². The van der Waals surface area contributed by atoms with Gasteiger partial charge in [0, 0.05) is 18.0 Å². The van der Waals surface area contributed by atoms with Gasteiger partial charge in [0.2, 0.25) is 5.91 Å². The number of amides is 1. The van der Waals surface area contributed by atoms with Gasteiger partial charge >= 0.3 is 0 Å². The number of carbonyl (C=O) groups excluding carboxylic acids is 1. The maximum absolute atomic E-state index is 11.3. The lowest BCUT2D eigenvalue weighted by molar-refractivity contribution is -0.113. The first-order valence-corrected chi connectivity index (χ1v) is 7.15. The van der Waals surface area contributed by atoms with Gasteiger partial charge in [-0.2, -0.15) is 0 Å². The molecule has 0 saturated heterocycles. The molecule has 18 heavy (non-hydrogen) atoms. The van der Waals surface area contributed by atoms with E-state index in [0.29, 0.717) is 5.75 Å². The van der Waals surface area contributed by atoms with E-state index < -0.39 is 0 Å². The minimum absolute atomic E-state index is 0.0700. The largest absolute Gasteiger partial charge is 0.396 e. The lowest BCUT2D eigenvalue weighted by atomic mass is 10.2. The molecule has 98 valence electrons. The van der Waals surface area contributed by atoms with Crippen LogP contribution in [0.2, 0.25) is 0 Å². The van der Waals surface area contributed by atoms with E-state index in [1.807, 2.05) is 6.07 Å². The molecule has 0 bridgehead atoms. The van der Waals surface area contributed by atoms with Crippen LogP contribution in [0.1, 0.15) is 18.4 Å². The number of aliphatic hydroxyl groups is 1. The number of nitrogens with one attached hydrogen (secondary N) is 2. The second-order valence-corrected chi connectivity index (χ2v) is 5.29. The van der Waals surface area contributed by atoms with Crippen LogP contribution in [0.3, 0.4) is 0 Å². The third-order valence-electron chi connectivity index (χ3n) is 2.77. The van der Waals surface area contributed by atoms with E-state index in [1.54, 1.807) is 11.8 Å². The molecule has 0 aliphatic carbocycles. The highest BCUT2D eigenvalue weighted by atomic mass is 32.2. The maximum atomic E-state index is 11.3. The van der Waals surface area contributed by atoms with Crippen molar-refractivity contribution >= 4 is 23.4 Å². The molecule has 0 atom stereocenters. The third-order valence-corrected chi connectivity index (χ3v) is 3.84. The molecule has 0 radical (unpaired) electrons. The van der Waals surface area contributed by atoms with Gasteiger partial charge in [-0.25, -0.2) is 0 Å². The number of anilines is 1. The molecule has 3 N–H and O–H groups in total. The molecule has 5 heteroatoms. The Morgan fingerprint density at radius 2 is 2.28 bits per heavy atom. The minimum Gasteiger partial charge on any atom is -0.396 e. The van der Waals surface area contributed by atoms with Gasteiger partial charge in [0.15, 0.2) is 0 Å². The first-order valence-electron chi connectivity index (χ1n) is 6.17. The van der Waals surface area contributed by atoms with Crippen molar-refractivity contribution in [3.8, 4) is 0 Å². The van der Waals surface area contributed by atoms with Crippen LogP contribution in [-0.2, 0) is 11.3 Å². The zero-order valence-corrected chi connectivity index (χ0v) is 11.1. The number of carbonyl (C=O) groups is 1. The van der Waals surface area contributed by atoms with Crippen LogP contribution >= 0.6 is 11.8 Å². The highest BCUT2D eigenvalue weighted by Gasteiger charge is 2.14. The van der Waals surface area contributed by atoms with Gasteiger partial charge in [0.25, 0.3) is 0 Å². The molecule has 1 aromatic carbocycles. The molecule has 0 spiro atoms. The zero-order valence-electron chi connectivity index (χ0n) is 10.2. The van der Waals surface area contributed by atoms with E-state index in [-0.39, 0.29) is 12.5 Å². The van der Waals surface area contributed by atoms with Crippen LogP contribution in [0.5, 0.6) is 0 Å². The van der Waals surface area contributed by atoms with Gasteiger partial charge in [0.1, 0.15) is 0 Å². The van der Waals surface area contributed by atoms with Crippen LogP contribution in [-0.4, -0.2) is 29.9 Å². The van der Waals surface area contributed by atoms with E-state index in [0.717, 1.165) is 36.5 Å². The molecule has 1 aliphatic heterocycles. The second-order valence-electron chi connectivity index (χ2n) is 4.27. The number of thioether (sulfide) groups is 1. The first kappa shape index (κ1) is 13.4. The summed E-state index contributed by atoms with van der Waals surface area (Å²) in [6, 6.07) is 6.17. The molecule has 4 nitrogen and oxygen atoms in total. The predicted octanol–water partition coefficient (Wildman–Crippen LogP) is 1.59. The van der Waals surface area contributed by atoms with Crippen molar-refractivity contribution in [3.63, 3.8) is 0 Å². The number of aliphatic hydroxyl groups excluding tert-OH is 1. The summed E-state index contributed by atoms with van der Waals surface area (Å²) in [5, 5.41) is 14.9. The Kier molecular flexibility index (Phi) is 5.04. The second kappa shape index (κ2) is 6.78. The molecule has 0 unspecified atom stereocenters. The van der Waals surface area contributed by atoms with Crippen LogP contribution in [0.15, 0.2) is 23.1 Å². The van der Waals surface area contributed by atoms with Crippen LogP contribution in [0.25, 0.3) is 0 Å². The third kappa shape index (κ3) is 3.73. The number of unbranched alkanes of at least 4 members (excludes halogenated alkanes) is 1. The molecule has 0 fully saturated rings. The Morgan fingerprint density at radius 3 is 3.11 bits per heavy atom. The molecule has 1 heterocycles. The SMILES string of the molecule is O=C1CSc2ccc(CNCCCCO)cc2N1. The molecule has 1 aromatic rings. The van der Waals surface area contributed by atoms with E-state index in [4.69, 9.17) is 5.11 Å². The van der Waals surface area contributed by atoms with Crippen molar-refractivity contribution < 1.29 is 9.90 Å². The van der Waals surface area contributed by atoms with Crippen LogP contribution < -0.4 is 10.6 Å². The number of rotatable bonds is 6. The van der Waals surface area contributed by atoms with Gasteiger partial charge < -0.3 is 15.7 Å². The standard InChI is InChI=1S/C13H18N2O2S/c16-6-2-1-5-14-8-10-3-4-12-11(7-10)15-13(17)9-18-12/h3-4,7,14,16H,1-2,5-6,8-9H2,(H,15,17). The first-order chi connectivity index (χ1) is 8.79. The van der Waals surface area contributed by atoms with Crippen LogP contribution in [0, 0.1) is 0 Å². The molecular formula is C13H18N2O2S. The number of hydrogen-bond donors (Lipinski definition) is 3. The Balaban J connectivity index is 1.86. The average Bonchev–Trinajstić information content (AvgIpc) is 2.38. The monoisotopic (exact) mass is 266 g/mol. The van der Waals surface area contributed by atoms with Gasteiger partial charge in [-0.1, -0.05) is 6.07 Å². The van der Waals surface area contributed by atoms with Gasteiger partial charge in [-0.3, -0.25) is 4.79 Å². The quantitative estimate of drug-likeness (QED) is 0.684. The Hall–Kier alpha value is -1.04. The summed E-state index contributed by atoms with van der Waals surface area (Å²) in [6.07, 6.45) is 1.82.